The molecule has 2 heterocycles. The first-order valence-corrected chi connectivity index (χ1v) is 8.19. The molecule has 0 radical (unpaired) electrons. The Morgan fingerprint density at radius 2 is 2.00 bits per heavy atom. The first-order chi connectivity index (χ1) is 11.9. The van der Waals surface area contributed by atoms with E-state index >= 15 is 0 Å². The number of aryl methyl sites for hydroxylation is 2. The van der Waals surface area contributed by atoms with Crippen LogP contribution in [0.2, 0.25) is 0 Å². The van der Waals surface area contributed by atoms with E-state index in [1.54, 1.807) is 13.0 Å². The number of fused-ring (bicyclic) bond motifs is 1. The summed E-state index contributed by atoms with van der Waals surface area (Å²) in [6.45, 7) is 7.98. The molecule has 5 nitrogen and oxygen atoms in total. The predicted molar refractivity (Wildman–Crippen MR) is 98.0 cm³/mol. The molecule has 2 aromatic heterocycles. The molecule has 5 heteroatoms. The van der Waals surface area contributed by atoms with Crippen molar-refractivity contribution < 1.29 is 9.53 Å². The standard InChI is InChI=1S/C20H20N2O3/c1-5-25-20(24)16-10-22-17-8-14(6-7-15(17)19(16)23)18-11(2)9-21-13(4)12(18)3/h6-10H,5H2,1-4H3,(H,22,23). The summed E-state index contributed by atoms with van der Waals surface area (Å²) in [7, 11) is 0. The molecular weight excluding hydrogens is 316 g/mol. The van der Waals surface area contributed by atoms with Crippen LogP contribution in [0.15, 0.2) is 35.4 Å². The normalized spacial score (nSPS) is 10.9. The fourth-order valence-corrected chi connectivity index (χ4v) is 3.01. The van der Waals surface area contributed by atoms with Crippen LogP contribution in [0.4, 0.5) is 0 Å². The molecular formula is C20H20N2O3. The second-order valence-corrected chi connectivity index (χ2v) is 6.04. The predicted octanol–water partition coefficient (Wildman–Crippen LogP) is 3.69. The molecule has 0 aliphatic heterocycles. The molecule has 0 bridgehead atoms. The van der Waals surface area contributed by atoms with Crippen molar-refractivity contribution in [3.63, 3.8) is 0 Å². The molecule has 0 saturated carbocycles. The fraction of sp³-hybridized carbons (Fsp3) is 0.250. The maximum Gasteiger partial charge on any atom is 0.343 e. The Hall–Kier alpha value is -2.95. The van der Waals surface area contributed by atoms with E-state index < -0.39 is 5.97 Å². The van der Waals surface area contributed by atoms with Gasteiger partial charge in [-0.25, -0.2) is 4.79 Å². The first kappa shape index (κ1) is 16.9. The topological polar surface area (TPSA) is 72.1 Å². The largest absolute Gasteiger partial charge is 0.462 e. The van der Waals surface area contributed by atoms with Gasteiger partial charge in [0.2, 0.25) is 5.43 Å². The number of H-pyrrole nitrogens is 1. The lowest BCUT2D eigenvalue weighted by Crippen LogP contribution is -2.18. The molecule has 0 amide bonds. The third-order valence-electron chi connectivity index (χ3n) is 4.43. The van der Waals surface area contributed by atoms with Crippen LogP contribution in [0, 0.1) is 20.8 Å². The van der Waals surface area contributed by atoms with Gasteiger partial charge in [0, 0.05) is 29.0 Å². The summed E-state index contributed by atoms with van der Waals surface area (Å²) < 4.78 is 4.93. The second-order valence-electron chi connectivity index (χ2n) is 6.04. The van der Waals surface area contributed by atoms with Crippen LogP contribution >= 0.6 is 0 Å². The van der Waals surface area contributed by atoms with Crippen LogP contribution in [0.1, 0.15) is 34.1 Å². The van der Waals surface area contributed by atoms with E-state index in [9.17, 15) is 9.59 Å². The summed E-state index contributed by atoms with van der Waals surface area (Å²) >= 11 is 0. The summed E-state index contributed by atoms with van der Waals surface area (Å²) in [4.78, 5) is 31.9. The Balaban J connectivity index is 2.18. The van der Waals surface area contributed by atoms with Gasteiger partial charge in [-0.2, -0.15) is 0 Å². The number of hydrogen-bond acceptors (Lipinski definition) is 4. The van der Waals surface area contributed by atoms with Crippen molar-refractivity contribution in [3.8, 4) is 11.1 Å². The van der Waals surface area contributed by atoms with Crippen molar-refractivity contribution in [3.05, 3.63) is 63.2 Å². The quantitative estimate of drug-likeness (QED) is 0.740. The van der Waals surface area contributed by atoms with Crippen LogP contribution < -0.4 is 5.43 Å². The highest BCUT2D eigenvalue weighted by atomic mass is 16.5. The maximum atomic E-state index is 12.5. The molecule has 25 heavy (non-hydrogen) atoms. The summed E-state index contributed by atoms with van der Waals surface area (Å²) in [5, 5.41) is 0.468. The van der Waals surface area contributed by atoms with Gasteiger partial charge in [0.1, 0.15) is 5.56 Å². The number of aromatic amines is 1. The van der Waals surface area contributed by atoms with Gasteiger partial charge in [-0.05, 0) is 62.1 Å². The van der Waals surface area contributed by atoms with Gasteiger partial charge >= 0.3 is 5.97 Å². The summed E-state index contributed by atoms with van der Waals surface area (Å²) in [5.41, 5.74) is 5.68. The van der Waals surface area contributed by atoms with Crippen molar-refractivity contribution in [1.29, 1.82) is 0 Å². The molecule has 0 saturated heterocycles. The molecule has 0 aliphatic rings. The highest BCUT2D eigenvalue weighted by Gasteiger charge is 2.15. The molecule has 0 spiro atoms. The molecule has 1 aromatic carbocycles. The number of benzene rings is 1. The summed E-state index contributed by atoms with van der Waals surface area (Å²) in [5.74, 6) is -0.605. The molecule has 3 rings (SSSR count). The van der Waals surface area contributed by atoms with Crippen LogP contribution in [-0.4, -0.2) is 22.5 Å². The zero-order valence-corrected chi connectivity index (χ0v) is 14.8. The Bertz CT molecular complexity index is 1040. The number of nitrogens with one attached hydrogen (secondary N) is 1. The molecule has 128 valence electrons. The first-order valence-electron chi connectivity index (χ1n) is 8.19. The number of aromatic nitrogens is 2. The second kappa shape index (κ2) is 6.51. The Morgan fingerprint density at radius 3 is 2.72 bits per heavy atom. The van der Waals surface area contributed by atoms with Gasteiger partial charge in [-0.1, -0.05) is 6.07 Å². The van der Waals surface area contributed by atoms with E-state index in [2.05, 4.69) is 9.97 Å². The number of esters is 1. The third kappa shape index (κ3) is 2.93. The minimum absolute atomic E-state index is 0.0224. The highest BCUT2D eigenvalue weighted by Crippen LogP contribution is 2.29. The van der Waals surface area contributed by atoms with Crippen LogP contribution in [-0.2, 0) is 4.74 Å². The zero-order valence-electron chi connectivity index (χ0n) is 14.8. The lowest BCUT2D eigenvalue weighted by molar-refractivity contribution is 0.0524. The Morgan fingerprint density at radius 1 is 1.24 bits per heavy atom. The van der Waals surface area contributed by atoms with Gasteiger partial charge in [-0.3, -0.25) is 9.78 Å². The number of carbonyl (C=O) groups is 1. The van der Waals surface area contributed by atoms with Crippen molar-refractivity contribution >= 4 is 16.9 Å². The van der Waals surface area contributed by atoms with E-state index in [1.807, 2.05) is 39.1 Å². The Kier molecular flexibility index (Phi) is 4.40. The third-order valence-corrected chi connectivity index (χ3v) is 4.43. The van der Waals surface area contributed by atoms with E-state index in [-0.39, 0.29) is 17.6 Å². The zero-order chi connectivity index (χ0) is 18.1. The number of hydrogen-bond donors (Lipinski definition) is 1. The number of nitrogens with zero attached hydrogens (tertiary/aromatic N) is 1. The molecule has 0 fully saturated rings. The van der Waals surface area contributed by atoms with E-state index in [0.29, 0.717) is 10.9 Å². The molecule has 1 N–H and O–H groups in total. The monoisotopic (exact) mass is 336 g/mol. The Labute approximate surface area is 145 Å². The SMILES string of the molecule is CCOC(=O)c1c[nH]c2cc(-c3c(C)cnc(C)c3C)ccc2c1=O. The van der Waals surface area contributed by atoms with Crippen molar-refractivity contribution in [2.45, 2.75) is 27.7 Å². The number of rotatable bonds is 3. The van der Waals surface area contributed by atoms with Crippen LogP contribution in [0.25, 0.3) is 22.0 Å². The number of ether oxygens (including phenoxy) is 1. The van der Waals surface area contributed by atoms with Crippen LogP contribution in [0.3, 0.4) is 0 Å². The van der Waals surface area contributed by atoms with Gasteiger partial charge < -0.3 is 9.72 Å². The lowest BCUT2D eigenvalue weighted by atomic mass is 9.95. The van der Waals surface area contributed by atoms with Gasteiger partial charge in [0.25, 0.3) is 0 Å². The lowest BCUT2D eigenvalue weighted by Gasteiger charge is -2.13. The molecule has 0 aliphatic carbocycles. The van der Waals surface area contributed by atoms with Gasteiger partial charge in [0.15, 0.2) is 0 Å². The minimum Gasteiger partial charge on any atom is -0.462 e. The van der Waals surface area contributed by atoms with E-state index in [1.165, 1.54) is 6.20 Å². The van der Waals surface area contributed by atoms with Crippen LogP contribution in [0.5, 0.6) is 0 Å². The highest BCUT2D eigenvalue weighted by molar-refractivity contribution is 5.94. The number of carbonyl (C=O) groups excluding carboxylic acids is 1. The van der Waals surface area contributed by atoms with Gasteiger partial charge in [0.05, 0.1) is 6.61 Å². The smallest absolute Gasteiger partial charge is 0.343 e. The summed E-state index contributed by atoms with van der Waals surface area (Å²) in [6.07, 6.45) is 3.28. The average molecular weight is 336 g/mol. The van der Waals surface area contributed by atoms with E-state index in [0.717, 1.165) is 27.9 Å². The minimum atomic E-state index is -0.605. The molecule has 0 unspecified atom stereocenters. The summed E-state index contributed by atoms with van der Waals surface area (Å²) in [6, 6.07) is 5.59. The fourth-order valence-electron chi connectivity index (χ4n) is 3.01. The van der Waals surface area contributed by atoms with Crippen molar-refractivity contribution in [2.75, 3.05) is 6.61 Å². The molecule has 0 atom stereocenters. The molecule has 3 aromatic rings. The van der Waals surface area contributed by atoms with Crippen molar-refractivity contribution in [2.24, 2.45) is 0 Å². The average Bonchev–Trinajstić information content (AvgIpc) is 2.59. The van der Waals surface area contributed by atoms with Gasteiger partial charge in [-0.15, -0.1) is 0 Å². The van der Waals surface area contributed by atoms with Crippen molar-refractivity contribution in [1.82, 2.24) is 9.97 Å². The van der Waals surface area contributed by atoms with E-state index in [4.69, 9.17) is 4.74 Å². The maximum absolute atomic E-state index is 12.5. The number of pyridine rings is 2.